The van der Waals surface area contributed by atoms with Gasteiger partial charge in [-0.25, -0.2) is 9.18 Å². The third-order valence-electron chi connectivity index (χ3n) is 4.16. The lowest BCUT2D eigenvalue weighted by molar-refractivity contribution is -0.142. The molecule has 29 heavy (non-hydrogen) atoms. The molecular formula is C20H21ClFN3O4. The van der Waals surface area contributed by atoms with E-state index in [1.165, 1.54) is 24.3 Å². The Hall–Kier alpha value is -3.13. The minimum absolute atomic E-state index is 0.0423. The van der Waals surface area contributed by atoms with E-state index in [1.807, 2.05) is 0 Å². The first kappa shape index (κ1) is 22.2. The predicted molar refractivity (Wildman–Crippen MR) is 107 cm³/mol. The van der Waals surface area contributed by atoms with E-state index in [1.54, 1.807) is 24.3 Å². The molecule has 0 aromatic heterocycles. The van der Waals surface area contributed by atoms with Crippen molar-refractivity contribution in [3.63, 3.8) is 0 Å². The van der Waals surface area contributed by atoms with Crippen LogP contribution >= 0.6 is 11.6 Å². The molecule has 2 aromatic rings. The van der Waals surface area contributed by atoms with Crippen molar-refractivity contribution in [2.45, 2.75) is 24.9 Å². The summed E-state index contributed by atoms with van der Waals surface area (Å²) < 4.78 is 13.0. The number of benzene rings is 2. The van der Waals surface area contributed by atoms with Crippen LogP contribution in [0.25, 0.3) is 0 Å². The van der Waals surface area contributed by atoms with Gasteiger partial charge in [0.25, 0.3) is 0 Å². The zero-order chi connectivity index (χ0) is 21.4. The number of nitrogens with two attached hydrogens (primary N) is 1. The van der Waals surface area contributed by atoms with Crippen molar-refractivity contribution in [1.82, 2.24) is 10.6 Å². The molecular weight excluding hydrogens is 401 g/mol. The van der Waals surface area contributed by atoms with Crippen LogP contribution in [0, 0.1) is 5.82 Å². The quantitative estimate of drug-likeness (QED) is 0.361. The van der Waals surface area contributed by atoms with Gasteiger partial charge >= 0.3 is 5.97 Å². The van der Waals surface area contributed by atoms with Crippen LogP contribution in [0.2, 0.25) is 0 Å². The van der Waals surface area contributed by atoms with Gasteiger partial charge in [-0.1, -0.05) is 24.3 Å². The Balaban J connectivity index is 2.13. The van der Waals surface area contributed by atoms with Crippen molar-refractivity contribution in [1.29, 1.82) is 0 Å². The Morgan fingerprint density at radius 3 is 1.97 bits per heavy atom. The van der Waals surface area contributed by atoms with Gasteiger partial charge in [-0.05, 0) is 35.4 Å². The Kier molecular flexibility index (Phi) is 7.97. The first-order chi connectivity index (χ1) is 13.8. The molecule has 7 nitrogen and oxygen atoms in total. The van der Waals surface area contributed by atoms with Crippen LogP contribution in [0.1, 0.15) is 11.1 Å². The number of nitrogens with one attached hydrogen (secondary N) is 2. The van der Waals surface area contributed by atoms with Crippen molar-refractivity contribution in [2.24, 2.45) is 0 Å². The standard InChI is InChI=1S/C20H21ClFN3O4/c21-11-18(26)24-16(9-13-3-7-15(23)8-4-13)19(27)25-17(20(28)29)10-12-1-5-14(22)6-2-12/h1-8,16-17H,9-11,23H2,(H,24,26)(H,25,27)(H,28,29). The van der Waals surface area contributed by atoms with E-state index >= 15 is 0 Å². The average Bonchev–Trinajstić information content (AvgIpc) is 2.69. The SMILES string of the molecule is Nc1ccc(CC(NC(=O)CCl)C(=O)NC(Cc2ccc(F)cc2)C(=O)O)cc1. The molecule has 2 aromatic carbocycles. The molecule has 0 radical (unpaired) electrons. The molecule has 2 rings (SSSR count). The van der Waals surface area contributed by atoms with Gasteiger partial charge in [0.1, 0.15) is 23.8 Å². The van der Waals surface area contributed by atoms with Crippen molar-refractivity contribution in [3.05, 3.63) is 65.5 Å². The van der Waals surface area contributed by atoms with Crippen molar-refractivity contribution < 1.29 is 23.9 Å². The van der Waals surface area contributed by atoms with Crippen molar-refractivity contribution >= 4 is 35.1 Å². The third kappa shape index (κ3) is 7.08. The summed E-state index contributed by atoms with van der Waals surface area (Å²) in [5.74, 6) is -3.28. The summed E-state index contributed by atoms with van der Waals surface area (Å²) in [6, 6.07) is 9.74. The highest BCUT2D eigenvalue weighted by Crippen LogP contribution is 2.10. The van der Waals surface area contributed by atoms with E-state index in [-0.39, 0.29) is 18.7 Å². The Bertz CT molecular complexity index is 859. The molecule has 5 N–H and O–H groups in total. The maximum absolute atomic E-state index is 13.0. The second-order valence-corrected chi connectivity index (χ2v) is 6.70. The van der Waals surface area contributed by atoms with E-state index in [0.717, 1.165) is 5.56 Å². The highest BCUT2D eigenvalue weighted by molar-refractivity contribution is 6.27. The van der Waals surface area contributed by atoms with Gasteiger partial charge in [0.05, 0.1) is 0 Å². The molecule has 2 unspecified atom stereocenters. The molecule has 0 aliphatic rings. The van der Waals surface area contributed by atoms with Gasteiger partial charge < -0.3 is 21.5 Å². The predicted octanol–water partition coefficient (Wildman–Crippen LogP) is 1.49. The number of carboxylic acids is 1. The van der Waals surface area contributed by atoms with Crippen LogP contribution in [0.15, 0.2) is 48.5 Å². The molecule has 0 heterocycles. The Labute approximate surface area is 172 Å². The van der Waals surface area contributed by atoms with Gasteiger partial charge in [0.2, 0.25) is 11.8 Å². The summed E-state index contributed by atoms with van der Waals surface area (Å²) in [6.45, 7) is 0. The lowest BCUT2D eigenvalue weighted by Gasteiger charge is -2.21. The molecule has 2 atom stereocenters. The van der Waals surface area contributed by atoms with E-state index in [2.05, 4.69) is 10.6 Å². The fourth-order valence-electron chi connectivity index (χ4n) is 2.66. The summed E-state index contributed by atoms with van der Waals surface area (Å²) in [4.78, 5) is 36.0. The number of alkyl halides is 1. The summed E-state index contributed by atoms with van der Waals surface area (Å²) in [5, 5.41) is 14.4. The molecule has 0 aliphatic heterocycles. The largest absolute Gasteiger partial charge is 0.480 e. The highest BCUT2D eigenvalue weighted by Gasteiger charge is 2.27. The number of hydrogen-bond donors (Lipinski definition) is 4. The monoisotopic (exact) mass is 421 g/mol. The fourth-order valence-corrected chi connectivity index (χ4v) is 2.74. The number of anilines is 1. The maximum atomic E-state index is 13.0. The van der Waals surface area contributed by atoms with E-state index < -0.39 is 35.7 Å². The third-order valence-corrected chi connectivity index (χ3v) is 4.40. The van der Waals surface area contributed by atoms with Gasteiger partial charge in [-0.15, -0.1) is 11.6 Å². The highest BCUT2D eigenvalue weighted by atomic mass is 35.5. The normalized spacial score (nSPS) is 12.6. The second-order valence-electron chi connectivity index (χ2n) is 6.43. The van der Waals surface area contributed by atoms with Crippen LogP contribution in [-0.4, -0.2) is 40.9 Å². The molecule has 154 valence electrons. The molecule has 0 saturated carbocycles. The second kappa shape index (κ2) is 10.4. The number of halogens is 2. The lowest BCUT2D eigenvalue weighted by Crippen LogP contribution is -2.53. The average molecular weight is 422 g/mol. The molecule has 0 spiro atoms. The minimum Gasteiger partial charge on any atom is -0.480 e. The minimum atomic E-state index is -1.25. The van der Waals surface area contributed by atoms with Crippen LogP contribution < -0.4 is 16.4 Å². The molecule has 9 heteroatoms. The Morgan fingerprint density at radius 1 is 0.931 bits per heavy atom. The van der Waals surface area contributed by atoms with Gasteiger partial charge in [-0.2, -0.15) is 0 Å². The topological polar surface area (TPSA) is 122 Å². The number of nitrogen functional groups attached to an aromatic ring is 1. The number of carbonyl (C=O) groups is 3. The van der Waals surface area contributed by atoms with Gasteiger partial charge in [-0.3, -0.25) is 9.59 Å². The van der Waals surface area contributed by atoms with Crippen LogP contribution in [0.4, 0.5) is 10.1 Å². The van der Waals surface area contributed by atoms with Crippen molar-refractivity contribution in [3.8, 4) is 0 Å². The van der Waals surface area contributed by atoms with Crippen LogP contribution in [0.3, 0.4) is 0 Å². The van der Waals surface area contributed by atoms with E-state index in [9.17, 15) is 23.9 Å². The Morgan fingerprint density at radius 2 is 1.45 bits per heavy atom. The molecule has 0 fully saturated rings. The number of hydrogen-bond acceptors (Lipinski definition) is 4. The summed E-state index contributed by atoms with van der Waals surface area (Å²) in [7, 11) is 0. The number of carbonyl (C=O) groups excluding carboxylic acids is 2. The summed E-state index contributed by atoms with van der Waals surface area (Å²) in [6.07, 6.45) is 0.0804. The van der Waals surface area contributed by atoms with Crippen molar-refractivity contribution in [2.75, 3.05) is 11.6 Å². The summed E-state index contributed by atoms with van der Waals surface area (Å²) >= 11 is 5.52. The number of rotatable bonds is 9. The maximum Gasteiger partial charge on any atom is 0.326 e. The zero-order valence-corrected chi connectivity index (χ0v) is 16.2. The molecule has 2 amide bonds. The van der Waals surface area contributed by atoms with Gasteiger partial charge in [0.15, 0.2) is 0 Å². The first-order valence-electron chi connectivity index (χ1n) is 8.76. The van der Waals surface area contributed by atoms with E-state index in [0.29, 0.717) is 11.3 Å². The molecule has 0 saturated heterocycles. The van der Waals surface area contributed by atoms with Crippen LogP contribution in [-0.2, 0) is 27.2 Å². The zero-order valence-electron chi connectivity index (χ0n) is 15.4. The summed E-state index contributed by atoms with van der Waals surface area (Å²) in [5.41, 5.74) is 7.45. The van der Waals surface area contributed by atoms with E-state index in [4.69, 9.17) is 17.3 Å². The smallest absolute Gasteiger partial charge is 0.326 e. The van der Waals surface area contributed by atoms with Crippen LogP contribution in [0.5, 0.6) is 0 Å². The number of aliphatic carboxylic acids is 1. The van der Waals surface area contributed by atoms with Gasteiger partial charge in [0, 0.05) is 18.5 Å². The number of carboxylic acid groups (broad SMARTS) is 1. The molecule has 0 bridgehead atoms. The molecule has 0 aliphatic carbocycles. The fraction of sp³-hybridized carbons (Fsp3) is 0.250. The first-order valence-corrected chi connectivity index (χ1v) is 9.29. The lowest BCUT2D eigenvalue weighted by atomic mass is 10.0. The number of amides is 2.